The number of nitrogens with zero attached hydrogens (tertiary/aromatic N) is 3. The number of hydrogen-bond donors (Lipinski definition) is 2. The lowest BCUT2D eigenvalue weighted by molar-refractivity contribution is 0.102. The molecule has 2 heterocycles. The number of amides is 1. The van der Waals surface area contributed by atoms with Crippen molar-refractivity contribution in [2.45, 2.75) is 13.5 Å². The number of carbonyl (C=O) groups excluding carboxylic acids is 1. The predicted molar refractivity (Wildman–Crippen MR) is 99.2 cm³/mol. The Morgan fingerprint density at radius 1 is 1.12 bits per heavy atom. The van der Waals surface area contributed by atoms with E-state index in [-0.39, 0.29) is 11.6 Å². The lowest BCUT2D eigenvalue weighted by Crippen LogP contribution is -2.16. The van der Waals surface area contributed by atoms with Crippen LogP contribution in [0, 0.1) is 0 Å². The van der Waals surface area contributed by atoms with Gasteiger partial charge in [-0.3, -0.25) is 9.78 Å². The summed E-state index contributed by atoms with van der Waals surface area (Å²) in [4.78, 5) is 25.0. The number of aromatic nitrogens is 3. The van der Waals surface area contributed by atoms with Crippen LogP contribution in [0.4, 0.5) is 11.6 Å². The van der Waals surface area contributed by atoms with Gasteiger partial charge in [-0.05, 0) is 36.8 Å². The van der Waals surface area contributed by atoms with Gasteiger partial charge in [0.05, 0.1) is 12.3 Å². The summed E-state index contributed by atoms with van der Waals surface area (Å²) < 4.78 is 5.52. The van der Waals surface area contributed by atoms with Crippen LogP contribution in [0.25, 0.3) is 0 Å². The maximum absolute atomic E-state index is 12.5. The van der Waals surface area contributed by atoms with E-state index in [0.717, 1.165) is 5.56 Å². The van der Waals surface area contributed by atoms with Crippen molar-refractivity contribution in [1.82, 2.24) is 15.0 Å². The average molecular weight is 349 g/mol. The molecule has 26 heavy (non-hydrogen) atoms. The zero-order chi connectivity index (χ0) is 18.2. The van der Waals surface area contributed by atoms with Crippen LogP contribution >= 0.6 is 0 Å². The van der Waals surface area contributed by atoms with E-state index >= 15 is 0 Å². The molecule has 7 heteroatoms. The van der Waals surface area contributed by atoms with E-state index in [1.54, 1.807) is 36.8 Å². The molecule has 3 aromatic rings. The molecule has 0 aliphatic heterocycles. The standard InChI is InChI=1S/C19H19N5O2/c1-2-26-17-8-4-3-7-15(17)23-18(25)16-9-11-21-19(24-16)22-13-14-6-5-10-20-12-14/h3-12H,2,13H2,1H3,(H,23,25)(H,21,22,24). The van der Waals surface area contributed by atoms with Crippen LogP contribution in [0.5, 0.6) is 5.75 Å². The molecule has 1 aromatic carbocycles. The molecule has 132 valence electrons. The number of hydrogen-bond acceptors (Lipinski definition) is 6. The molecular formula is C19H19N5O2. The summed E-state index contributed by atoms with van der Waals surface area (Å²) >= 11 is 0. The van der Waals surface area contributed by atoms with E-state index in [0.29, 0.717) is 30.5 Å². The van der Waals surface area contributed by atoms with Gasteiger partial charge in [-0.25, -0.2) is 9.97 Å². The Hall–Kier alpha value is -3.48. The highest BCUT2D eigenvalue weighted by Gasteiger charge is 2.12. The Morgan fingerprint density at radius 3 is 2.81 bits per heavy atom. The second kappa shape index (κ2) is 8.57. The lowest BCUT2D eigenvalue weighted by atomic mass is 10.2. The second-order valence-electron chi connectivity index (χ2n) is 5.36. The molecule has 0 atom stereocenters. The first-order valence-corrected chi connectivity index (χ1v) is 8.25. The normalized spacial score (nSPS) is 10.2. The first-order chi connectivity index (χ1) is 12.8. The van der Waals surface area contributed by atoms with Crippen molar-refractivity contribution in [3.05, 3.63) is 72.3 Å². The number of pyridine rings is 1. The summed E-state index contributed by atoms with van der Waals surface area (Å²) in [5.41, 5.74) is 1.86. The summed E-state index contributed by atoms with van der Waals surface area (Å²) in [6.07, 6.45) is 5.02. The van der Waals surface area contributed by atoms with E-state index in [4.69, 9.17) is 4.74 Å². The Labute approximate surface area is 151 Å². The predicted octanol–water partition coefficient (Wildman–Crippen LogP) is 3.13. The van der Waals surface area contributed by atoms with Gasteiger partial charge in [0, 0.05) is 25.1 Å². The van der Waals surface area contributed by atoms with E-state index in [9.17, 15) is 4.79 Å². The van der Waals surface area contributed by atoms with E-state index in [1.807, 2.05) is 31.2 Å². The number of rotatable bonds is 7. The van der Waals surface area contributed by atoms with Crippen LogP contribution in [0.2, 0.25) is 0 Å². The first kappa shape index (κ1) is 17.3. The minimum Gasteiger partial charge on any atom is -0.492 e. The van der Waals surface area contributed by atoms with Crippen LogP contribution < -0.4 is 15.4 Å². The molecule has 2 aromatic heterocycles. The first-order valence-electron chi connectivity index (χ1n) is 8.25. The zero-order valence-electron chi connectivity index (χ0n) is 14.3. The van der Waals surface area contributed by atoms with Crippen molar-refractivity contribution in [3.8, 4) is 5.75 Å². The monoisotopic (exact) mass is 349 g/mol. The molecule has 0 unspecified atom stereocenters. The minimum atomic E-state index is -0.330. The van der Waals surface area contributed by atoms with E-state index in [1.165, 1.54) is 0 Å². The fourth-order valence-electron chi connectivity index (χ4n) is 2.29. The Kier molecular flexibility index (Phi) is 5.72. The van der Waals surface area contributed by atoms with Crippen molar-refractivity contribution in [3.63, 3.8) is 0 Å². The Morgan fingerprint density at radius 2 is 2.00 bits per heavy atom. The molecule has 0 aliphatic rings. The number of carbonyl (C=O) groups is 1. The minimum absolute atomic E-state index is 0.264. The fourth-order valence-corrected chi connectivity index (χ4v) is 2.29. The van der Waals surface area contributed by atoms with Crippen LogP contribution in [-0.2, 0) is 6.54 Å². The van der Waals surface area contributed by atoms with Crippen LogP contribution in [-0.4, -0.2) is 27.5 Å². The molecule has 3 rings (SSSR count). The van der Waals surface area contributed by atoms with Crippen molar-refractivity contribution in [2.75, 3.05) is 17.2 Å². The number of ether oxygens (including phenoxy) is 1. The molecule has 0 radical (unpaired) electrons. The molecule has 7 nitrogen and oxygen atoms in total. The molecule has 0 saturated carbocycles. The Balaban J connectivity index is 1.68. The number of anilines is 2. The summed E-state index contributed by atoms with van der Waals surface area (Å²) in [6.45, 7) is 2.93. The fraction of sp³-hybridized carbons (Fsp3) is 0.158. The average Bonchev–Trinajstić information content (AvgIpc) is 2.69. The smallest absolute Gasteiger partial charge is 0.274 e. The third kappa shape index (κ3) is 4.54. The van der Waals surface area contributed by atoms with Gasteiger partial charge >= 0.3 is 0 Å². The topological polar surface area (TPSA) is 89.0 Å². The number of para-hydroxylation sites is 2. The van der Waals surface area contributed by atoms with E-state index < -0.39 is 0 Å². The summed E-state index contributed by atoms with van der Waals surface area (Å²) in [5.74, 6) is 0.663. The summed E-state index contributed by atoms with van der Waals surface area (Å²) in [7, 11) is 0. The number of nitrogens with one attached hydrogen (secondary N) is 2. The summed E-state index contributed by atoms with van der Waals surface area (Å²) in [6, 6.07) is 12.6. The van der Waals surface area contributed by atoms with Crippen molar-refractivity contribution < 1.29 is 9.53 Å². The third-order valence-corrected chi connectivity index (χ3v) is 3.50. The highest BCUT2D eigenvalue weighted by molar-refractivity contribution is 6.03. The zero-order valence-corrected chi connectivity index (χ0v) is 14.3. The van der Waals surface area contributed by atoms with Crippen LogP contribution in [0.15, 0.2) is 61.1 Å². The van der Waals surface area contributed by atoms with Gasteiger partial charge in [0.25, 0.3) is 5.91 Å². The van der Waals surface area contributed by atoms with E-state index in [2.05, 4.69) is 25.6 Å². The largest absolute Gasteiger partial charge is 0.492 e. The van der Waals surface area contributed by atoms with Crippen molar-refractivity contribution in [2.24, 2.45) is 0 Å². The molecule has 0 spiro atoms. The molecule has 0 aliphatic carbocycles. The lowest BCUT2D eigenvalue weighted by Gasteiger charge is -2.11. The number of benzene rings is 1. The molecule has 2 N–H and O–H groups in total. The Bertz CT molecular complexity index is 871. The van der Waals surface area contributed by atoms with Crippen molar-refractivity contribution >= 4 is 17.5 Å². The van der Waals surface area contributed by atoms with Gasteiger partial charge in [0.2, 0.25) is 5.95 Å². The van der Waals surface area contributed by atoms with Gasteiger partial charge < -0.3 is 15.4 Å². The molecule has 1 amide bonds. The molecule has 0 saturated heterocycles. The van der Waals surface area contributed by atoms with Gasteiger partial charge in [-0.15, -0.1) is 0 Å². The van der Waals surface area contributed by atoms with Crippen LogP contribution in [0.1, 0.15) is 23.0 Å². The molecule has 0 bridgehead atoms. The van der Waals surface area contributed by atoms with Gasteiger partial charge in [-0.2, -0.15) is 0 Å². The highest BCUT2D eigenvalue weighted by Crippen LogP contribution is 2.24. The second-order valence-corrected chi connectivity index (χ2v) is 5.36. The summed E-state index contributed by atoms with van der Waals surface area (Å²) in [5, 5.41) is 5.91. The maximum atomic E-state index is 12.5. The van der Waals surface area contributed by atoms with Crippen LogP contribution in [0.3, 0.4) is 0 Å². The highest BCUT2D eigenvalue weighted by atomic mass is 16.5. The SMILES string of the molecule is CCOc1ccccc1NC(=O)c1ccnc(NCc2cccnc2)n1. The quantitative estimate of drug-likeness (QED) is 0.681. The molecule has 0 fully saturated rings. The maximum Gasteiger partial charge on any atom is 0.274 e. The van der Waals surface area contributed by atoms with Gasteiger partial charge in [0.1, 0.15) is 11.4 Å². The van der Waals surface area contributed by atoms with Crippen molar-refractivity contribution in [1.29, 1.82) is 0 Å². The van der Waals surface area contributed by atoms with Gasteiger partial charge in [-0.1, -0.05) is 18.2 Å². The molecular weight excluding hydrogens is 330 g/mol. The van der Waals surface area contributed by atoms with Gasteiger partial charge in [0.15, 0.2) is 0 Å². The third-order valence-electron chi connectivity index (χ3n) is 3.50.